The summed E-state index contributed by atoms with van der Waals surface area (Å²) >= 11 is 0. The molecule has 1 N–H and O–H groups in total. The normalized spacial score (nSPS) is 14.9. The third-order valence-corrected chi connectivity index (χ3v) is 5.99. The molecule has 0 unspecified atom stereocenters. The fourth-order valence-corrected chi connectivity index (χ4v) is 4.32. The minimum Gasteiger partial charge on any atom is -0.455 e. The smallest absolute Gasteiger partial charge is 0.238 e. The van der Waals surface area contributed by atoms with Crippen molar-refractivity contribution in [2.75, 3.05) is 25.0 Å². The lowest BCUT2D eigenvalue weighted by atomic mass is 10.0. The van der Waals surface area contributed by atoms with E-state index in [1.807, 2.05) is 54.6 Å². The van der Waals surface area contributed by atoms with Crippen molar-refractivity contribution in [3.05, 3.63) is 84.9 Å². The Balaban J connectivity index is 1.18. The molecule has 5 rings (SSSR count). The lowest BCUT2D eigenvalue weighted by molar-refractivity contribution is -0.117. The van der Waals surface area contributed by atoms with Crippen molar-refractivity contribution in [2.24, 2.45) is 0 Å². The molecule has 0 radical (unpaired) electrons. The van der Waals surface area contributed by atoms with Crippen molar-refractivity contribution in [1.82, 2.24) is 14.5 Å². The van der Waals surface area contributed by atoms with Crippen molar-refractivity contribution in [3.8, 4) is 11.5 Å². The first-order valence-corrected chi connectivity index (χ1v) is 11.1. The summed E-state index contributed by atoms with van der Waals surface area (Å²) in [6.45, 7) is 1.94. The molecule has 1 amide bonds. The molecule has 0 spiro atoms. The number of aromatic nitrogens is 2. The highest BCUT2D eigenvalue weighted by Crippen LogP contribution is 2.30. The summed E-state index contributed by atoms with van der Waals surface area (Å²) in [5.41, 5.74) is 2.27. The second-order valence-corrected chi connectivity index (χ2v) is 8.25. The van der Waals surface area contributed by atoms with Crippen LogP contribution >= 0.6 is 0 Å². The van der Waals surface area contributed by atoms with Crippen molar-refractivity contribution in [1.29, 1.82) is 0 Å². The summed E-state index contributed by atoms with van der Waals surface area (Å²) in [4.78, 5) is 19.2. The number of anilines is 1. The fraction of sp³-hybridized carbons (Fsp3) is 0.231. The Morgan fingerprint density at radius 2 is 1.79 bits per heavy atom. The molecule has 0 atom stereocenters. The van der Waals surface area contributed by atoms with Gasteiger partial charge < -0.3 is 14.6 Å². The summed E-state index contributed by atoms with van der Waals surface area (Å²) in [5, 5.41) is 2.99. The Morgan fingerprint density at radius 1 is 1.03 bits per heavy atom. The number of piperidine rings is 1. The van der Waals surface area contributed by atoms with Gasteiger partial charge in [-0.3, -0.25) is 9.69 Å². The quantitative estimate of drug-likeness (QED) is 0.442. The Labute approximate surface area is 191 Å². The van der Waals surface area contributed by atoms with Gasteiger partial charge in [-0.15, -0.1) is 0 Å². The van der Waals surface area contributed by atoms with E-state index in [0.717, 1.165) is 37.2 Å². The number of likely N-dealkylation sites (tertiary alicyclic amines) is 1. The molecule has 1 aromatic heterocycles. The van der Waals surface area contributed by atoms with Crippen LogP contribution in [-0.2, 0) is 4.79 Å². The lowest BCUT2D eigenvalue weighted by Gasteiger charge is -2.32. The van der Waals surface area contributed by atoms with Crippen molar-refractivity contribution in [2.45, 2.75) is 18.9 Å². The highest BCUT2D eigenvalue weighted by atomic mass is 19.1. The van der Waals surface area contributed by atoms with E-state index >= 15 is 0 Å². The van der Waals surface area contributed by atoms with Crippen LogP contribution in [0.3, 0.4) is 0 Å². The van der Waals surface area contributed by atoms with Gasteiger partial charge >= 0.3 is 0 Å². The van der Waals surface area contributed by atoms with E-state index in [1.54, 1.807) is 12.4 Å². The maximum absolute atomic E-state index is 13.4. The fourth-order valence-electron chi connectivity index (χ4n) is 4.32. The number of fused-ring (bicyclic) bond motifs is 1. The van der Waals surface area contributed by atoms with Crippen LogP contribution in [0.1, 0.15) is 18.9 Å². The van der Waals surface area contributed by atoms with Gasteiger partial charge in [-0.1, -0.05) is 30.3 Å². The molecule has 6 nitrogen and oxygen atoms in total. The summed E-state index contributed by atoms with van der Waals surface area (Å²) in [5.74, 6) is 0.987. The largest absolute Gasteiger partial charge is 0.455 e. The molecule has 4 aromatic rings. The number of nitrogens with one attached hydrogen (secondary N) is 1. The molecule has 2 heterocycles. The third kappa shape index (κ3) is 4.88. The number of halogens is 1. The highest BCUT2D eigenvalue weighted by molar-refractivity contribution is 5.93. The van der Waals surface area contributed by atoms with E-state index in [1.165, 1.54) is 12.1 Å². The predicted octanol–water partition coefficient (Wildman–Crippen LogP) is 5.24. The van der Waals surface area contributed by atoms with Gasteiger partial charge in [0.05, 0.1) is 29.6 Å². The number of carbonyl (C=O) groups excluding carboxylic acids is 1. The monoisotopic (exact) mass is 444 g/mol. The zero-order valence-corrected chi connectivity index (χ0v) is 18.2. The van der Waals surface area contributed by atoms with Crippen LogP contribution in [0.25, 0.3) is 11.0 Å². The number of carbonyl (C=O) groups is 1. The maximum Gasteiger partial charge on any atom is 0.238 e. The second-order valence-electron chi connectivity index (χ2n) is 8.25. The van der Waals surface area contributed by atoms with Crippen LogP contribution < -0.4 is 10.1 Å². The van der Waals surface area contributed by atoms with Gasteiger partial charge in [0, 0.05) is 25.2 Å². The van der Waals surface area contributed by atoms with Gasteiger partial charge in [0.25, 0.3) is 0 Å². The van der Waals surface area contributed by atoms with Crippen LogP contribution in [-0.4, -0.2) is 40.0 Å². The Bertz CT molecular complexity index is 1250. The SMILES string of the molecule is O=C(CN1CCC(n2cnc3cc(F)ccc32)CC1)Nc1ccccc1Oc1ccccc1. The van der Waals surface area contributed by atoms with Crippen molar-refractivity contribution in [3.63, 3.8) is 0 Å². The van der Waals surface area contributed by atoms with Crippen molar-refractivity contribution < 1.29 is 13.9 Å². The maximum atomic E-state index is 13.4. The number of ether oxygens (including phenoxy) is 1. The molecular weight excluding hydrogens is 419 g/mol. The van der Waals surface area contributed by atoms with E-state index < -0.39 is 0 Å². The van der Waals surface area contributed by atoms with Gasteiger partial charge in [0.2, 0.25) is 5.91 Å². The van der Waals surface area contributed by atoms with Gasteiger partial charge in [-0.2, -0.15) is 0 Å². The van der Waals surface area contributed by atoms with Gasteiger partial charge in [-0.25, -0.2) is 9.37 Å². The molecule has 1 aliphatic heterocycles. The summed E-state index contributed by atoms with van der Waals surface area (Å²) in [7, 11) is 0. The third-order valence-electron chi connectivity index (χ3n) is 5.99. The standard InChI is InChI=1S/C26H25FN4O2/c27-19-10-11-24-23(16-19)28-18-31(24)20-12-14-30(15-13-20)17-26(32)29-22-8-4-5-9-25(22)33-21-6-2-1-3-7-21/h1-11,16,18,20H,12-15,17H2,(H,29,32). The molecule has 1 saturated heterocycles. The van der Waals surface area contributed by atoms with E-state index in [0.29, 0.717) is 29.5 Å². The number of rotatable bonds is 6. The first-order chi connectivity index (χ1) is 16.2. The zero-order valence-electron chi connectivity index (χ0n) is 18.2. The summed E-state index contributed by atoms with van der Waals surface area (Å²) in [6, 6.07) is 22.0. The average molecular weight is 445 g/mol. The van der Waals surface area contributed by atoms with Crippen LogP contribution in [0.15, 0.2) is 79.1 Å². The van der Waals surface area contributed by atoms with Crippen LogP contribution in [0.5, 0.6) is 11.5 Å². The highest BCUT2D eigenvalue weighted by Gasteiger charge is 2.23. The first-order valence-electron chi connectivity index (χ1n) is 11.1. The molecular formula is C26H25FN4O2. The van der Waals surface area contributed by atoms with E-state index in [4.69, 9.17) is 4.74 Å². The number of hydrogen-bond acceptors (Lipinski definition) is 4. The van der Waals surface area contributed by atoms with E-state index in [2.05, 4.69) is 19.8 Å². The van der Waals surface area contributed by atoms with Gasteiger partial charge in [0.15, 0.2) is 5.75 Å². The number of nitrogens with zero attached hydrogens (tertiary/aromatic N) is 3. The second kappa shape index (κ2) is 9.42. The van der Waals surface area contributed by atoms with Crippen LogP contribution in [0, 0.1) is 5.82 Å². The minimum absolute atomic E-state index is 0.0684. The zero-order chi connectivity index (χ0) is 22.6. The van der Waals surface area contributed by atoms with Crippen molar-refractivity contribution >= 4 is 22.6 Å². The molecule has 33 heavy (non-hydrogen) atoms. The van der Waals surface area contributed by atoms with E-state index in [-0.39, 0.29) is 11.7 Å². The van der Waals surface area contributed by atoms with Crippen LogP contribution in [0.2, 0.25) is 0 Å². The predicted molar refractivity (Wildman–Crippen MR) is 126 cm³/mol. The first kappa shape index (κ1) is 21.2. The Hall–Kier alpha value is -3.71. The molecule has 0 bridgehead atoms. The topological polar surface area (TPSA) is 59.4 Å². The molecule has 7 heteroatoms. The van der Waals surface area contributed by atoms with E-state index in [9.17, 15) is 9.18 Å². The Morgan fingerprint density at radius 3 is 2.61 bits per heavy atom. The van der Waals surface area contributed by atoms with Gasteiger partial charge in [0.1, 0.15) is 11.6 Å². The average Bonchev–Trinajstić information content (AvgIpc) is 3.24. The number of hydrogen-bond donors (Lipinski definition) is 1. The van der Waals surface area contributed by atoms with Crippen LogP contribution in [0.4, 0.5) is 10.1 Å². The molecule has 1 fully saturated rings. The lowest BCUT2D eigenvalue weighted by Crippen LogP contribution is -2.39. The molecule has 0 aliphatic carbocycles. The number of imidazole rings is 1. The summed E-state index contributed by atoms with van der Waals surface area (Å²) in [6.07, 6.45) is 3.61. The number of benzene rings is 3. The summed E-state index contributed by atoms with van der Waals surface area (Å²) < 4.78 is 21.5. The number of amides is 1. The molecule has 168 valence electrons. The molecule has 3 aromatic carbocycles. The Kier molecular flexibility index (Phi) is 6.04. The minimum atomic E-state index is -0.274. The van der Waals surface area contributed by atoms with Gasteiger partial charge in [-0.05, 0) is 49.2 Å². The molecule has 0 saturated carbocycles. The number of para-hydroxylation sites is 3. The molecule has 1 aliphatic rings.